The van der Waals surface area contributed by atoms with Gasteiger partial charge in [0, 0.05) is 12.6 Å². The molecule has 3 nitrogen and oxygen atoms in total. The van der Waals surface area contributed by atoms with Crippen molar-refractivity contribution in [1.29, 1.82) is 0 Å². The molecule has 2 aromatic carbocycles. The maximum absolute atomic E-state index is 13.5. The number of carbonyl (C=O) groups excluding carboxylic acids is 1. The van der Waals surface area contributed by atoms with Crippen molar-refractivity contribution in [3.63, 3.8) is 0 Å². The highest BCUT2D eigenvalue weighted by molar-refractivity contribution is 5.78. The molecule has 2 rings (SSSR count). The summed E-state index contributed by atoms with van der Waals surface area (Å²) in [6, 6.07) is 16.8. The van der Waals surface area contributed by atoms with Gasteiger partial charge in [-0.2, -0.15) is 0 Å². The molecule has 0 unspecified atom stereocenters. The lowest BCUT2D eigenvalue weighted by Gasteiger charge is -2.27. The van der Waals surface area contributed by atoms with Crippen molar-refractivity contribution in [3.8, 4) is 0 Å². The molecule has 0 radical (unpaired) electrons. The fourth-order valence-corrected chi connectivity index (χ4v) is 2.56. The lowest BCUT2D eigenvalue weighted by atomic mass is 10.1. The lowest BCUT2D eigenvalue weighted by molar-refractivity contribution is -0.132. The summed E-state index contributed by atoms with van der Waals surface area (Å²) in [6.45, 7) is 5.47. The molecule has 0 spiro atoms. The number of rotatable bonds is 8. The molecule has 4 heteroatoms. The zero-order valence-electron chi connectivity index (χ0n) is 14.3. The molecule has 2 aromatic rings. The Hall–Kier alpha value is -2.20. The van der Waals surface area contributed by atoms with E-state index in [1.54, 1.807) is 12.1 Å². The lowest BCUT2D eigenvalue weighted by Crippen LogP contribution is -2.42. The molecule has 0 saturated heterocycles. The largest absolute Gasteiger partial charge is 0.335 e. The number of hydrogen-bond donors (Lipinski definition) is 1. The molecule has 0 aromatic heterocycles. The molecule has 0 saturated carbocycles. The number of amides is 1. The van der Waals surface area contributed by atoms with Crippen LogP contribution in [0.4, 0.5) is 4.39 Å². The fraction of sp³-hybridized carbons (Fsp3) is 0.350. The first-order valence-electron chi connectivity index (χ1n) is 8.35. The van der Waals surface area contributed by atoms with E-state index in [0.29, 0.717) is 25.1 Å². The number of nitrogens with one attached hydrogen (secondary N) is 1. The first-order chi connectivity index (χ1) is 11.6. The second-order valence-electron chi connectivity index (χ2n) is 6.12. The van der Waals surface area contributed by atoms with Gasteiger partial charge in [0.1, 0.15) is 5.82 Å². The van der Waals surface area contributed by atoms with Crippen LogP contribution in [0.15, 0.2) is 54.6 Å². The zero-order chi connectivity index (χ0) is 17.4. The average Bonchev–Trinajstić information content (AvgIpc) is 2.58. The van der Waals surface area contributed by atoms with E-state index in [1.807, 2.05) is 55.1 Å². The van der Waals surface area contributed by atoms with E-state index < -0.39 is 0 Å². The SMILES string of the molecule is CC(C)N(Cc1ccccc1)C(=O)CNCCc1ccccc1F. The van der Waals surface area contributed by atoms with E-state index >= 15 is 0 Å². The van der Waals surface area contributed by atoms with Crippen molar-refractivity contribution >= 4 is 5.91 Å². The third kappa shape index (κ3) is 5.46. The Kier molecular flexibility index (Phi) is 6.94. The van der Waals surface area contributed by atoms with Gasteiger partial charge in [-0.15, -0.1) is 0 Å². The third-order valence-corrected chi connectivity index (χ3v) is 3.94. The van der Waals surface area contributed by atoms with E-state index in [9.17, 15) is 9.18 Å². The molecule has 0 fully saturated rings. The minimum Gasteiger partial charge on any atom is -0.335 e. The molecule has 0 aliphatic rings. The van der Waals surface area contributed by atoms with Crippen molar-refractivity contribution in [1.82, 2.24) is 10.2 Å². The predicted molar refractivity (Wildman–Crippen MR) is 95.1 cm³/mol. The van der Waals surface area contributed by atoms with Gasteiger partial charge in [0.05, 0.1) is 6.54 Å². The molecule has 1 amide bonds. The van der Waals surface area contributed by atoms with Gasteiger partial charge in [-0.3, -0.25) is 4.79 Å². The molecule has 0 aliphatic carbocycles. The maximum Gasteiger partial charge on any atom is 0.237 e. The highest BCUT2D eigenvalue weighted by Gasteiger charge is 2.16. The molecule has 1 N–H and O–H groups in total. The van der Waals surface area contributed by atoms with E-state index in [4.69, 9.17) is 0 Å². The van der Waals surface area contributed by atoms with Crippen LogP contribution in [0.25, 0.3) is 0 Å². The number of halogens is 1. The standard InChI is InChI=1S/C20H25FN2O/c1-16(2)23(15-17-8-4-3-5-9-17)20(24)14-22-13-12-18-10-6-7-11-19(18)21/h3-11,16,22H,12-15H2,1-2H3. The van der Waals surface area contributed by atoms with Crippen LogP contribution in [0, 0.1) is 5.82 Å². The van der Waals surface area contributed by atoms with Crippen LogP contribution < -0.4 is 5.32 Å². The van der Waals surface area contributed by atoms with Crippen molar-refractivity contribution in [2.45, 2.75) is 32.9 Å². The summed E-state index contributed by atoms with van der Waals surface area (Å²) in [4.78, 5) is 14.3. The van der Waals surface area contributed by atoms with Crippen LogP contribution in [-0.2, 0) is 17.8 Å². The quantitative estimate of drug-likeness (QED) is 0.753. The Morgan fingerprint density at radius 1 is 1.08 bits per heavy atom. The van der Waals surface area contributed by atoms with Crippen LogP contribution in [0.5, 0.6) is 0 Å². The summed E-state index contributed by atoms with van der Waals surface area (Å²) >= 11 is 0. The van der Waals surface area contributed by atoms with Gasteiger partial charge < -0.3 is 10.2 Å². The van der Waals surface area contributed by atoms with Crippen molar-refractivity contribution in [2.75, 3.05) is 13.1 Å². The molecule has 0 bridgehead atoms. The van der Waals surface area contributed by atoms with Gasteiger partial charge in [0.15, 0.2) is 0 Å². The van der Waals surface area contributed by atoms with Crippen LogP contribution in [-0.4, -0.2) is 29.9 Å². The number of carbonyl (C=O) groups is 1. The van der Waals surface area contributed by atoms with Crippen molar-refractivity contribution < 1.29 is 9.18 Å². The number of benzene rings is 2. The summed E-state index contributed by atoms with van der Waals surface area (Å²) in [5.41, 5.74) is 1.79. The summed E-state index contributed by atoms with van der Waals surface area (Å²) in [5, 5.41) is 3.12. The highest BCUT2D eigenvalue weighted by atomic mass is 19.1. The fourth-order valence-electron chi connectivity index (χ4n) is 2.56. The highest BCUT2D eigenvalue weighted by Crippen LogP contribution is 2.09. The topological polar surface area (TPSA) is 32.3 Å². The third-order valence-electron chi connectivity index (χ3n) is 3.94. The Labute approximate surface area is 143 Å². The van der Waals surface area contributed by atoms with E-state index in [1.165, 1.54) is 6.07 Å². The van der Waals surface area contributed by atoms with Gasteiger partial charge in [-0.1, -0.05) is 48.5 Å². The molecule has 128 valence electrons. The van der Waals surface area contributed by atoms with Crippen LogP contribution in [0.3, 0.4) is 0 Å². The second kappa shape index (κ2) is 9.18. The Morgan fingerprint density at radius 3 is 2.42 bits per heavy atom. The van der Waals surface area contributed by atoms with Crippen LogP contribution in [0.1, 0.15) is 25.0 Å². The smallest absolute Gasteiger partial charge is 0.237 e. The second-order valence-corrected chi connectivity index (χ2v) is 6.12. The molecule has 0 aliphatic heterocycles. The monoisotopic (exact) mass is 328 g/mol. The van der Waals surface area contributed by atoms with E-state index in [0.717, 1.165) is 5.56 Å². The Balaban J connectivity index is 1.81. The first kappa shape index (κ1) is 18.1. The summed E-state index contributed by atoms with van der Waals surface area (Å²) in [7, 11) is 0. The van der Waals surface area contributed by atoms with Crippen molar-refractivity contribution in [2.24, 2.45) is 0 Å². The molecular formula is C20H25FN2O. The Bertz CT molecular complexity index is 643. The summed E-state index contributed by atoms with van der Waals surface area (Å²) < 4.78 is 13.5. The van der Waals surface area contributed by atoms with Crippen LogP contribution >= 0.6 is 0 Å². The summed E-state index contributed by atoms with van der Waals surface area (Å²) in [6.07, 6.45) is 0.570. The predicted octanol–water partition coefficient (Wildman–Crippen LogP) is 3.40. The van der Waals surface area contributed by atoms with Crippen LogP contribution in [0.2, 0.25) is 0 Å². The normalized spacial score (nSPS) is 10.8. The van der Waals surface area contributed by atoms with Gasteiger partial charge in [0.2, 0.25) is 5.91 Å². The van der Waals surface area contributed by atoms with Gasteiger partial charge in [0.25, 0.3) is 0 Å². The minimum atomic E-state index is -0.196. The molecule has 0 atom stereocenters. The average molecular weight is 328 g/mol. The molecule has 0 heterocycles. The zero-order valence-corrected chi connectivity index (χ0v) is 14.3. The van der Waals surface area contributed by atoms with E-state index in [-0.39, 0.29) is 24.3 Å². The van der Waals surface area contributed by atoms with Gasteiger partial charge in [-0.25, -0.2) is 4.39 Å². The molecule has 24 heavy (non-hydrogen) atoms. The minimum absolute atomic E-state index is 0.0578. The first-order valence-corrected chi connectivity index (χ1v) is 8.35. The summed E-state index contributed by atoms with van der Waals surface area (Å²) in [5.74, 6) is -0.138. The van der Waals surface area contributed by atoms with Gasteiger partial charge >= 0.3 is 0 Å². The van der Waals surface area contributed by atoms with Crippen molar-refractivity contribution in [3.05, 3.63) is 71.5 Å². The number of nitrogens with zero attached hydrogens (tertiary/aromatic N) is 1. The van der Waals surface area contributed by atoms with E-state index in [2.05, 4.69) is 5.32 Å². The number of hydrogen-bond acceptors (Lipinski definition) is 2. The maximum atomic E-state index is 13.5. The Morgan fingerprint density at radius 2 is 1.75 bits per heavy atom. The molecular weight excluding hydrogens is 303 g/mol. The van der Waals surface area contributed by atoms with Gasteiger partial charge in [-0.05, 0) is 44.0 Å².